The lowest BCUT2D eigenvalue weighted by atomic mass is 9.82. The van der Waals surface area contributed by atoms with Crippen molar-refractivity contribution in [2.45, 2.75) is 26.8 Å². The number of benzene rings is 1. The first-order valence-electron chi connectivity index (χ1n) is 6.33. The summed E-state index contributed by atoms with van der Waals surface area (Å²) in [5.41, 5.74) is 1.58. The average molecular weight is 257 g/mol. The number of amides is 1. The topological polar surface area (TPSA) is 57.8 Å². The molecule has 19 heavy (non-hydrogen) atoms. The molecular formula is C15H19N3O. The van der Waals surface area contributed by atoms with E-state index in [2.05, 4.69) is 36.3 Å². The van der Waals surface area contributed by atoms with E-state index in [1.165, 1.54) is 6.20 Å². The largest absolute Gasteiger partial charge is 0.345 e. The van der Waals surface area contributed by atoms with Crippen molar-refractivity contribution >= 4 is 5.91 Å². The van der Waals surface area contributed by atoms with Crippen molar-refractivity contribution in [2.75, 3.05) is 0 Å². The van der Waals surface area contributed by atoms with E-state index in [0.717, 1.165) is 5.56 Å². The van der Waals surface area contributed by atoms with Gasteiger partial charge in [0.2, 0.25) is 0 Å². The summed E-state index contributed by atoms with van der Waals surface area (Å²) in [6.07, 6.45) is 3.13. The Labute approximate surface area is 113 Å². The first-order valence-corrected chi connectivity index (χ1v) is 6.33. The molecule has 0 aliphatic rings. The first-order chi connectivity index (χ1) is 8.98. The van der Waals surface area contributed by atoms with Crippen molar-refractivity contribution < 1.29 is 4.79 Å². The van der Waals surface area contributed by atoms with Crippen molar-refractivity contribution in [1.29, 1.82) is 0 Å². The lowest BCUT2D eigenvalue weighted by molar-refractivity contribution is 0.0902. The van der Waals surface area contributed by atoms with Gasteiger partial charge < -0.3 is 5.32 Å². The molecule has 0 saturated heterocycles. The van der Waals surface area contributed by atoms with Gasteiger partial charge in [-0.3, -0.25) is 9.89 Å². The monoisotopic (exact) mass is 257 g/mol. The molecule has 1 amide bonds. The molecule has 1 aromatic carbocycles. The number of nitrogens with one attached hydrogen (secondary N) is 2. The van der Waals surface area contributed by atoms with Crippen LogP contribution in [0.3, 0.4) is 0 Å². The Morgan fingerprint density at radius 1 is 1.26 bits per heavy atom. The molecule has 2 N–H and O–H groups in total. The van der Waals surface area contributed by atoms with Crippen molar-refractivity contribution in [3.05, 3.63) is 53.9 Å². The van der Waals surface area contributed by atoms with Gasteiger partial charge in [0.15, 0.2) is 0 Å². The van der Waals surface area contributed by atoms with Crippen molar-refractivity contribution in [2.24, 2.45) is 5.41 Å². The number of rotatable bonds is 3. The molecule has 1 aromatic heterocycles. The number of aromatic nitrogens is 2. The summed E-state index contributed by atoms with van der Waals surface area (Å²) < 4.78 is 0. The maximum absolute atomic E-state index is 12.2. The summed E-state index contributed by atoms with van der Waals surface area (Å²) in [4.78, 5) is 12.2. The molecule has 4 heteroatoms. The van der Waals surface area contributed by atoms with E-state index in [9.17, 15) is 4.79 Å². The van der Waals surface area contributed by atoms with Crippen molar-refractivity contribution in [1.82, 2.24) is 15.5 Å². The van der Waals surface area contributed by atoms with E-state index in [-0.39, 0.29) is 17.4 Å². The predicted molar refractivity (Wildman–Crippen MR) is 74.7 cm³/mol. The zero-order valence-electron chi connectivity index (χ0n) is 11.5. The van der Waals surface area contributed by atoms with Gasteiger partial charge in [-0.15, -0.1) is 0 Å². The molecular weight excluding hydrogens is 238 g/mol. The van der Waals surface area contributed by atoms with Gasteiger partial charge in [-0.05, 0) is 11.0 Å². The van der Waals surface area contributed by atoms with Crippen LogP contribution in [0.1, 0.15) is 42.7 Å². The number of carbonyl (C=O) groups excluding carboxylic acids is 1. The molecule has 0 saturated carbocycles. The molecule has 1 heterocycles. The zero-order valence-corrected chi connectivity index (χ0v) is 11.5. The van der Waals surface area contributed by atoms with E-state index in [0.29, 0.717) is 5.56 Å². The molecule has 4 nitrogen and oxygen atoms in total. The Kier molecular flexibility index (Phi) is 3.69. The third-order valence-electron chi connectivity index (χ3n) is 3.03. The average Bonchev–Trinajstić information content (AvgIpc) is 2.89. The van der Waals surface area contributed by atoms with Crippen molar-refractivity contribution in [3.63, 3.8) is 0 Å². The van der Waals surface area contributed by atoms with Gasteiger partial charge in [0, 0.05) is 6.20 Å². The highest BCUT2D eigenvalue weighted by Gasteiger charge is 2.28. The van der Waals surface area contributed by atoms with E-state index >= 15 is 0 Å². The summed E-state index contributed by atoms with van der Waals surface area (Å²) in [6, 6.07) is 9.96. The third kappa shape index (κ3) is 3.22. The number of H-pyrrole nitrogens is 1. The van der Waals surface area contributed by atoms with Gasteiger partial charge >= 0.3 is 0 Å². The molecule has 1 unspecified atom stereocenters. The highest BCUT2D eigenvalue weighted by molar-refractivity contribution is 5.93. The summed E-state index contributed by atoms with van der Waals surface area (Å²) in [7, 11) is 0. The molecule has 0 aliphatic carbocycles. The Balaban J connectivity index is 2.23. The Hall–Kier alpha value is -2.10. The Bertz CT molecular complexity index is 526. The second-order valence-corrected chi connectivity index (χ2v) is 5.67. The summed E-state index contributed by atoms with van der Waals surface area (Å²) in [5.74, 6) is -0.113. The van der Waals surface area contributed by atoms with Crippen LogP contribution >= 0.6 is 0 Å². The van der Waals surface area contributed by atoms with Crippen LogP contribution in [-0.2, 0) is 0 Å². The van der Waals surface area contributed by atoms with E-state index < -0.39 is 0 Å². The van der Waals surface area contributed by atoms with Crippen LogP contribution in [-0.4, -0.2) is 16.1 Å². The minimum absolute atomic E-state index is 0.0453. The molecule has 0 aliphatic heterocycles. The third-order valence-corrected chi connectivity index (χ3v) is 3.03. The fourth-order valence-corrected chi connectivity index (χ4v) is 2.03. The predicted octanol–water partition coefficient (Wildman–Crippen LogP) is 2.93. The molecule has 0 spiro atoms. The van der Waals surface area contributed by atoms with Gasteiger partial charge in [0.1, 0.15) is 0 Å². The maximum Gasteiger partial charge on any atom is 0.254 e. The first kappa shape index (κ1) is 13.3. The maximum atomic E-state index is 12.2. The molecule has 0 radical (unpaired) electrons. The fourth-order valence-electron chi connectivity index (χ4n) is 2.03. The fraction of sp³-hybridized carbons (Fsp3) is 0.333. The van der Waals surface area contributed by atoms with Gasteiger partial charge in [-0.2, -0.15) is 5.10 Å². The van der Waals surface area contributed by atoms with Crippen LogP contribution in [0.2, 0.25) is 0 Å². The number of carbonyl (C=O) groups is 1. The lowest BCUT2D eigenvalue weighted by Crippen LogP contribution is -2.36. The summed E-state index contributed by atoms with van der Waals surface area (Å²) in [6.45, 7) is 6.33. The van der Waals surface area contributed by atoms with Crippen molar-refractivity contribution in [3.8, 4) is 0 Å². The number of hydrogen-bond donors (Lipinski definition) is 2. The van der Waals surface area contributed by atoms with Crippen LogP contribution in [0.25, 0.3) is 0 Å². The standard InChI is InChI=1S/C15H19N3O/c1-15(2,3)13(11-7-5-4-6-8-11)18-14(19)12-9-16-17-10-12/h4-10,13H,1-3H3,(H,16,17)(H,18,19). The molecule has 1 atom stereocenters. The summed E-state index contributed by atoms with van der Waals surface area (Å²) in [5, 5.41) is 9.53. The molecule has 2 rings (SSSR count). The normalized spacial score (nSPS) is 13.0. The van der Waals surface area contributed by atoms with E-state index in [1.54, 1.807) is 6.20 Å². The van der Waals surface area contributed by atoms with E-state index in [1.807, 2.05) is 30.3 Å². The highest BCUT2D eigenvalue weighted by Crippen LogP contribution is 2.32. The SMILES string of the molecule is CC(C)(C)C(NC(=O)c1cn[nH]c1)c1ccccc1. The number of aromatic amines is 1. The molecule has 0 fully saturated rings. The van der Waals surface area contributed by atoms with Crippen LogP contribution < -0.4 is 5.32 Å². The van der Waals surface area contributed by atoms with Gasteiger partial charge in [-0.1, -0.05) is 51.1 Å². The molecule has 100 valence electrons. The van der Waals surface area contributed by atoms with Crippen LogP contribution in [0, 0.1) is 5.41 Å². The number of nitrogens with zero attached hydrogens (tertiary/aromatic N) is 1. The highest BCUT2D eigenvalue weighted by atomic mass is 16.1. The smallest absolute Gasteiger partial charge is 0.254 e. The minimum Gasteiger partial charge on any atom is -0.345 e. The van der Waals surface area contributed by atoms with Crippen LogP contribution in [0.5, 0.6) is 0 Å². The molecule has 2 aromatic rings. The molecule has 0 bridgehead atoms. The number of hydrogen-bond acceptors (Lipinski definition) is 2. The Morgan fingerprint density at radius 2 is 1.95 bits per heavy atom. The quantitative estimate of drug-likeness (QED) is 0.888. The van der Waals surface area contributed by atoms with Crippen LogP contribution in [0.15, 0.2) is 42.7 Å². The van der Waals surface area contributed by atoms with Gasteiger partial charge in [0.05, 0.1) is 17.8 Å². The second-order valence-electron chi connectivity index (χ2n) is 5.67. The zero-order chi connectivity index (χ0) is 13.9. The van der Waals surface area contributed by atoms with Crippen LogP contribution in [0.4, 0.5) is 0 Å². The van der Waals surface area contributed by atoms with E-state index in [4.69, 9.17) is 0 Å². The second kappa shape index (κ2) is 5.26. The Morgan fingerprint density at radius 3 is 2.47 bits per heavy atom. The van der Waals surface area contributed by atoms with Gasteiger partial charge in [0.25, 0.3) is 5.91 Å². The lowest BCUT2D eigenvalue weighted by Gasteiger charge is -2.31. The summed E-state index contributed by atoms with van der Waals surface area (Å²) >= 11 is 0. The minimum atomic E-state index is -0.113. The van der Waals surface area contributed by atoms with Gasteiger partial charge in [-0.25, -0.2) is 0 Å².